The summed E-state index contributed by atoms with van der Waals surface area (Å²) < 4.78 is 6.49. The van der Waals surface area contributed by atoms with Crippen LogP contribution in [0.15, 0.2) is 28.4 Å². The van der Waals surface area contributed by atoms with Gasteiger partial charge in [0, 0.05) is 31.5 Å². The van der Waals surface area contributed by atoms with E-state index in [9.17, 15) is 9.59 Å². The van der Waals surface area contributed by atoms with Crippen molar-refractivity contribution in [3.8, 4) is 0 Å². The molecule has 0 spiro atoms. The van der Waals surface area contributed by atoms with Crippen molar-refractivity contribution in [3.63, 3.8) is 0 Å². The molecule has 0 aliphatic heterocycles. The predicted octanol–water partition coefficient (Wildman–Crippen LogP) is 1.61. The smallest absolute Gasteiger partial charge is 0.311 e. The molecule has 0 fully saturated rings. The molecule has 7 nitrogen and oxygen atoms in total. The molecule has 0 aromatic carbocycles. The van der Waals surface area contributed by atoms with Gasteiger partial charge < -0.3 is 4.57 Å². The molecule has 0 aliphatic carbocycles. The summed E-state index contributed by atoms with van der Waals surface area (Å²) in [5, 5.41) is 0. The van der Waals surface area contributed by atoms with Crippen LogP contribution >= 0.6 is 0 Å². The maximum atomic E-state index is 12.8. The lowest BCUT2D eigenvalue weighted by molar-refractivity contribution is 0.532. The van der Waals surface area contributed by atoms with Crippen LogP contribution in [0.2, 0.25) is 0 Å². The molecule has 0 N–H and O–H groups in total. The maximum Gasteiger partial charge on any atom is 0.332 e. The van der Waals surface area contributed by atoms with Gasteiger partial charge in [-0.3, -0.25) is 18.3 Å². The number of hydrogen-bond donors (Lipinski definition) is 0. The van der Waals surface area contributed by atoms with Gasteiger partial charge in [-0.05, 0) is 20.3 Å². The number of allylic oxidation sites excluding steroid dienone is 1. The molecule has 0 amide bonds. The van der Waals surface area contributed by atoms with E-state index in [0.717, 1.165) is 12.1 Å². The van der Waals surface area contributed by atoms with E-state index in [-0.39, 0.29) is 23.8 Å². The van der Waals surface area contributed by atoms with Gasteiger partial charge in [0.1, 0.15) is 0 Å². The van der Waals surface area contributed by atoms with Gasteiger partial charge in [0.05, 0.1) is 0 Å². The number of imidazole rings is 2. The summed E-state index contributed by atoms with van der Waals surface area (Å²) in [4.78, 5) is 29.7. The van der Waals surface area contributed by atoms with Crippen molar-refractivity contribution in [1.82, 2.24) is 23.1 Å². The van der Waals surface area contributed by atoms with Gasteiger partial charge in [0.2, 0.25) is 5.78 Å². The summed E-state index contributed by atoms with van der Waals surface area (Å²) >= 11 is 0. The third-order valence-corrected chi connectivity index (χ3v) is 4.41. The number of rotatable bonds is 4. The molecule has 122 valence electrons. The number of hydrogen-bond acceptors (Lipinski definition) is 3. The first-order chi connectivity index (χ1) is 10.9. The van der Waals surface area contributed by atoms with Crippen molar-refractivity contribution in [1.29, 1.82) is 0 Å². The Morgan fingerprint density at radius 3 is 2.70 bits per heavy atom. The first kappa shape index (κ1) is 15.3. The second-order valence-electron chi connectivity index (χ2n) is 5.90. The van der Waals surface area contributed by atoms with Crippen LogP contribution < -0.4 is 11.2 Å². The van der Waals surface area contributed by atoms with Crippen LogP contribution in [0.1, 0.15) is 32.0 Å². The summed E-state index contributed by atoms with van der Waals surface area (Å²) in [6.07, 6.45) is 4.40. The molecule has 0 aliphatic rings. The molecule has 7 heteroatoms. The summed E-state index contributed by atoms with van der Waals surface area (Å²) in [7, 11) is 1.64. The molecule has 1 atom stereocenters. The zero-order chi connectivity index (χ0) is 16.9. The standard InChI is InChI=1S/C16H21N5O2/c1-6-8-19-14(22)12-13(18(5)16(19)23)17-15-20(12)9-11(4)21(15)10(3)7-2/h6,9-10H,1,7-8H2,2-5H3/t10-/m0/s1. The lowest BCUT2D eigenvalue weighted by Crippen LogP contribution is -2.39. The highest BCUT2D eigenvalue weighted by Gasteiger charge is 2.21. The molecular weight excluding hydrogens is 294 g/mol. The third kappa shape index (κ3) is 1.99. The molecule has 3 heterocycles. The normalized spacial score (nSPS) is 13.0. The Kier molecular flexibility index (Phi) is 3.50. The van der Waals surface area contributed by atoms with E-state index < -0.39 is 0 Å². The average molecular weight is 315 g/mol. The van der Waals surface area contributed by atoms with Gasteiger partial charge >= 0.3 is 5.69 Å². The van der Waals surface area contributed by atoms with Crippen LogP contribution in [0.3, 0.4) is 0 Å². The van der Waals surface area contributed by atoms with E-state index in [1.54, 1.807) is 17.5 Å². The van der Waals surface area contributed by atoms with E-state index in [4.69, 9.17) is 0 Å². The van der Waals surface area contributed by atoms with E-state index in [0.29, 0.717) is 16.9 Å². The fraction of sp³-hybridized carbons (Fsp3) is 0.438. The fourth-order valence-electron chi connectivity index (χ4n) is 3.04. The Labute approximate surface area is 133 Å². The molecule has 3 rings (SSSR count). The Morgan fingerprint density at radius 2 is 2.09 bits per heavy atom. The molecule has 0 bridgehead atoms. The lowest BCUT2D eigenvalue weighted by atomic mass is 10.2. The largest absolute Gasteiger partial charge is 0.332 e. The first-order valence-corrected chi connectivity index (χ1v) is 7.72. The molecule has 3 aromatic heterocycles. The highest BCUT2D eigenvalue weighted by atomic mass is 16.2. The molecular formula is C16H21N5O2. The maximum absolute atomic E-state index is 12.8. The van der Waals surface area contributed by atoms with Crippen molar-refractivity contribution in [2.45, 2.75) is 39.8 Å². The van der Waals surface area contributed by atoms with Crippen molar-refractivity contribution < 1.29 is 0 Å². The van der Waals surface area contributed by atoms with Crippen LogP contribution in [-0.2, 0) is 13.6 Å². The quantitative estimate of drug-likeness (QED) is 0.687. The van der Waals surface area contributed by atoms with E-state index >= 15 is 0 Å². The van der Waals surface area contributed by atoms with E-state index in [1.165, 1.54) is 9.13 Å². The summed E-state index contributed by atoms with van der Waals surface area (Å²) in [6, 6.07) is 0.261. The zero-order valence-electron chi connectivity index (χ0n) is 13.9. The number of nitrogens with zero attached hydrogens (tertiary/aromatic N) is 5. The SMILES string of the molecule is C=CCn1c(=O)c2c(nc3n([C@@H](C)CC)c(C)cn23)n(C)c1=O. The number of aryl methyl sites for hydroxylation is 2. The first-order valence-electron chi connectivity index (χ1n) is 7.72. The highest BCUT2D eigenvalue weighted by Crippen LogP contribution is 2.21. The van der Waals surface area contributed by atoms with Gasteiger partial charge in [0.25, 0.3) is 5.56 Å². The van der Waals surface area contributed by atoms with Crippen molar-refractivity contribution in [2.24, 2.45) is 7.05 Å². The van der Waals surface area contributed by atoms with Gasteiger partial charge in [-0.1, -0.05) is 13.0 Å². The third-order valence-electron chi connectivity index (χ3n) is 4.41. The minimum atomic E-state index is -0.380. The van der Waals surface area contributed by atoms with E-state index in [2.05, 4.69) is 30.0 Å². The van der Waals surface area contributed by atoms with Crippen LogP contribution in [0.25, 0.3) is 16.9 Å². The highest BCUT2D eigenvalue weighted by molar-refractivity contribution is 5.75. The van der Waals surface area contributed by atoms with Crippen LogP contribution in [0.4, 0.5) is 0 Å². The van der Waals surface area contributed by atoms with Gasteiger partial charge in [-0.15, -0.1) is 6.58 Å². The molecule has 0 saturated heterocycles. The van der Waals surface area contributed by atoms with E-state index in [1.807, 2.05) is 13.1 Å². The monoisotopic (exact) mass is 315 g/mol. The van der Waals surface area contributed by atoms with Crippen LogP contribution in [0, 0.1) is 6.92 Å². The average Bonchev–Trinajstić information content (AvgIpc) is 3.03. The predicted molar refractivity (Wildman–Crippen MR) is 90.1 cm³/mol. The summed E-state index contributed by atoms with van der Waals surface area (Å²) in [5.74, 6) is 0.690. The lowest BCUT2D eigenvalue weighted by Gasteiger charge is -2.12. The molecule has 0 unspecified atom stereocenters. The van der Waals surface area contributed by atoms with Crippen molar-refractivity contribution in [3.05, 3.63) is 45.4 Å². The van der Waals surface area contributed by atoms with Gasteiger partial charge in [-0.2, -0.15) is 4.98 Å². The van der Waals surface area contributed by atoms with Crippen molar-refractivity contribution in [2.75, 3.05) is 0 Å². The Bertz CT molecular complexity index is 1030. The second kappa shape index (κ2) is 5.26. The Morgan fingerprint density at radius 1 is 1.39 bits per heavy atom. The van der Waals surface area contributed by atoms with Gasteiger partial charge in [-0.25, -0.2) is 4.79 Å². The minimum absolute atomic E-state index is 0.180. The van der Waals surface area contributed by atoms with Crippen molar-refractivity contribution >= 4 is 16.9 Å². The van der Waals surface area contributed by atoms with Crippen LogP contribution in [-0.4, -0.2) is 23.1 Å². The number of aromatic nitrogens is 5. The van der Waals surface area contributed by atoms with Gasteiger partial charge in [0.15, 0.2) is 11.2 Å². The number of fused-ring (bicyclic) bond motifs is 3. The fourth-order valence-corrected chi connectivity index (χ4v) is 3.04. The Hall–Kier alpha value is -2.57. The minimum Gasteiger partial charge on any atom is -0.311 e. The second-order valence-corrected chi connectivity index (χ2v) is 5.90. The Balaban J connectivity index is 2.52. The zero-order valence-corrected chi connectivity index (χ0v) is 13.9. The molecule has 23 heavy (non-hydrogen) atoms. The van der Waals surface area contributed by atoms with Crippen LogP contribution in [0.5, 0.6) is 0 Å². The molecule has 0 saturated carbocycles. The molecule has 0 radical (unpaired) electrons. The molecule has 3 aromatic rings. The topological polar surface area (TPSA) is 66.2 Å². The summed E-state index contributed by atoms with van der Waals surface area (Å²) in [5.41, 5.74) is 1.15. The summed E-state index contributed by atoms with van der Waals surface area (Å²) in [6.45, 7) is 10.0.